The second-order valence-electron chi connectivity index (χ2n) is 4.72. The number of benzene rings is 3. The van der Waals surface area contributed by atoms with Crippen LogP contribution in [0.4, 0.5) is 11.4 Å². The van der Waals surface area contributed by atoms with Crippen LogP contribution in [0.2, 0.25) is 0 Å². The summed E-state index contributed by atoms with van der Waals surface area (Å²) in [5, 5.41) is 5.90. The normalized spacial score (nSPS) is 12.4. The van der Waals surface area contributed by atoms with Crippen LogP contribution >= 0.6 is 11.8 Å². The van der Waals surface area contributed by atoms with Gasteiger partial charge in [0, 0.05) is 20.6 Å². The number of nitrogens with one attached hydrogen (secondary N) is 1. The van der Waals surface area contributed by atoms with Crippen LogP contribution in [-0.2, 0) is 0 Å². The Bertz CT molecular complexity index is 813. The van der Waals surface area contributed by atoms with Gasteiger partial charge in [-0.15, -0.1) is 0 Å². The first-order chi connectivity index (χ1) is 9.86. The molecule has 3 heteroatoms. The average Bonchev–Trinajstić information content (AvgIpc) is 2.52. The van der Waals surface area contributed by atoms with Crippen LogP contribution in [0.25, 0.3) is 10.8 Å². The number of fused-ring (bicyclic) bond motifs is 4. The van der Waals surface area contributed by atoms with Crippen molar-refractivity contribution in [3.63, 3.8) is 0 Å². The van der Waals surface area contributed by atoms with Gasteiger partial charge >= 0.3 is 0 Å². The summed E-state index contributed by atoms with van der Waals surface area (Å²) in [6.45, 7) is 0. The first-order valence-electron chi connectivity index (χ1n) is 6.50. The average molecular weight is 279 g/mol. The zero-order valence-corrected chi connectivity index (χ0v) is 11.8. The molecule has 1 heterocycles. The lowest BCUT2D eigenvalue weighted by molar-refractivity contribution is 0.419. The van der Waals surface area contributed by atoms with E-state index in [-0.39, 0.29) is 0 Å². The van der Waals surface area contributed by atoms with E-state index in [9.17, 15) is 0 Å². The first kappa shape index (κ1) is 11.7. The molecule has 0 bridgehead atoms. The van der Waals surface area contributed by atoms with Gasteiger partial charge in [0.25, 0.3) is 0 Å². The number of rotatable bonds is 1. The minimum absolute atomic E-state index is 0.924. The number of ether oxygens (including phenoxy) is 1. The molecule has 1 aliphatic rings. The van der Waals surface area contributed by atoms with Crippen molar-refractivity contribution in [3.05, 3.63) is 54.6 Å². The molecule has 0 fully saturated rings. The molecule has 0 aromatic heterocycles. The molecule has 0 saturated carbocycles. The molecule has 0 unspecified atom stereocenters. The summed E-state index contributed by atoms with van der Waals surface area (Å²) in [5.41, 5.74) is 2.34. The third kappa shape index (κ3) is 1.67. The van der Waals surface area contributed by atoms with Gasteiger partial charge in [-0.2, -0.15) is 0 Å². The fraction of sp³-hybridized carbons (Fsp3) is 0.0588. The third-order valence-electron chi connectivity index (χ3n) is 3.56. The van der Waals surface area contributed by atoms with Gasteiger partial charge in [0.15, 0.2) is 0 Å². The molecule has 0 aliphatic carbocycles. The minimum Gasteiger partial charge on any atom is -0.496 e. The highest BCUT2D eigenvalue weighted by molar-refractivity contribution is 7.99. The number of para-hydroxylation sites is 1. The zero-order chi connectivity index (χ0) is 13.5. The molecule has 0 radical (unpaired) electrons. The fourth-order valence-corrected chi connectivity index (χ4v) is 3.65. The Morgan fingerprint density at radius 2 is 1.65 bits per heavy atom. The smallest absolute Gasteiger partial charge is 0.127 e. The molecular formula is C17H13NOS. The molecule has 4 rings (SSSR count). The Kier molecular flexibility index (Phi) is 2.60. The standard InChI is InChI=1S/C17H13NOS/c1-19-14-10-16-17(12-7-3-2-6-11(12)14)18-13-8-4-5-9-15(13)20-16/h2-10,18H,1H3. The van der Waals surface area contributed by atoms with Gasteiger partial charge in [0.05, 0.1) is 18.5 Å². The number of methoxy groups -OCH3 is 1. The van der Waals surface area contributed by atoms with Gasteiger partial charge in [0.2, 0.25) is 0 Å². The lowest BCUT2D eigenvalue weighted by Crippen LogP contribution is -2.01. The van der Waals surface area contributed by atoms with Crippen LogP contribution in [0, 0.1) is 0 Å². The van der Waals surface area contributed by atoms with Gasteiger partial charge < -0.3 is 10.1 Å². The second-order valence-corrected chi connectivity index (χ2v) is 5.80. The summed E-state index contributed by atoms with van der Waals surface area (Å²) in [4.78, 5) is 2.46. The van der Waals surface area contributed by atoms with Crippen LogP contribution in [0.15, 0.2) is 64.4 Å². The number of hydrogen-bond donors (Lipinski definition) is 1. The van der Waals surface area contributed by atoms with E-state index < -0.39 is 0 Å². The van der Waals surface area contributed by atoms with E-state index >= 15 is 0 Å². The number of hydrogen-bond acceptors (Lipinski definition) is 3. The van der Waals surface area contributed by atoms with Gasteiger partial charge in [-0.05, 0) is 18.2 Å². The Labute approximate surface area is 121 Å². The summed E-state index contributed by atoms with van der Waals surface area (Å²) < 4.78 is 5.54. The van der Waals surface area contributed by atoms with E-state index in [0.717, 1.165) is 11.1 Å². The van der Waals surface area contributed by atoms with E-state index in [1.807, 2.05) is 6.07 Å². The summed E-state index contributed by atoms with van der Waals surface area (Å²) in [5.74, 6) is 0.924. The predicted molar refractivity (Wildman–Crippen MR) is 84.3 cm³/mol. The predicted octanol–water partition coefficient (Wildman–Crippen LogP) is 5.06. The zero-order valence-electron chi connectivity index (χ0n) is 11.0. The maximum absolute atomic E-state index is 5.54. The summed E-state index contributed by atoms with van der Waals surface area (Å²) >= 11 is 1.78. The monoisotopic (exact) mass is 279 g/mol. The Balaban J connectivity index is 2.00. The molecule has 3 aromatic rings. The van der Waals surface area contributed by atoms with Crippen molar-refractivity contribution in [1.82, 2.24) is 0 Å². The van der Waals surface area contributed by atoms with Crippen molar-refractivity contribution < 1.29 is 4.74 Å². The van der Waals surface area contributed by atoms with Crippen molar-refractivity contribution in [3.8, 4) is 5.75 Å². The van der Waals surface area contributed by atoms with Crippen LogP contribution in [0.1, 0.15) is 0 Å². The third-order valence-corrected chi connectivity index (χ3v) is 4.67. The van der Waals surface area contributed by atoms with Crippen molar-refractivity contribution in [2.75, 3.05) is 12.4 Å². The van der Waals surface area contributed by atoms with Crippen LogP contribution in [0.5, 0.6) is 5.75 Å². The molecule has 1 aliphatic heterocycles. The van der Waals surface area contributed by atoms with Crippen LogP contribution in [0.3, 0.4) is 0 Å². The Morgan fingerprint density at radius 3 is 2.50 bits per heavy atom. The molecule has 0 amide bonds. The van der Waals surface area contributed by atoms with Gasteiger partial charge in [-0.1, -0.05) is 48.2 Å². The molecule has 3 aromatic carbocycles. The molecule has 1 N–H and O–H groups in total. The Hall–Kier alpha value is -2.13. The SMILES string of the molecule is COc1cc2c(c3ccccc13)Nc1ccccc1S2. The lowest BCUT2D eigenvalue weighted by atomic mass is 10.1. The highest BCUT2D eigenvalue weighted by atomic mass is 32.2. The topological polar surface area (TPSA) is 21.3 Å². The van der Waals surface area contributed by atoms with E-state index in [2.05, 4.69) is 53.8 Å². The molecule has 0 spiro atoms. The maximum atomic E-state index is 5.54. The molecule has 2 nitrogen and oxygen atoms in total. The second kappa shape index (κ2) is 4.46. The highest BCUT2D eigenvalue weighted by Crippen LogP contribution is 2.49. The minimum atomic E-state index is 0.924. The van der Waals surface area contributed by atoms with E-state index in [1.165, 1.54) is 26.6 Å². The fourth-order valence-electron chi connectivity index (χ4n) is 2.61. The van der Waals surface area contributed by atoms with Gasteiger partial charge in [-0.25, -0.2) is 0 Å². The van der Waals surface area contributed by atoms with Gasteiger partial charge in [-0.3, -0.25) is 0 Å². The quantitative estimate of drug-likeness (QED) is 0.526. The molecule has 20 heavy (non-hydrogen) atoms. The first-order valence-corrected chi connectivity index (χ1v) is 7.32. The highest BCUT2D eigenvalue weighted by Gasteiger charge is 2.19. The van der Waals surface area contributed by atoms with E-state index in [4.69, 9.17) is 4.74 Å². The van der Waals surface area contributed by atoms with Crippen molar-refractivity contribution in [2.45, 2.75) is 9.79 Å². The molecule has 0 atom stereocenters. The van der Waals surface area contributed by atoms with Crippen molar-refractivity contribution >= 4 is 33.9 Å². The summed E-state index contributed by atoms with van der Waals surface area (Å²) in [6.07, 6.45) is 0. The lowest BCUT2D eigenvalue weighted by Gasteiger charge is -2.23. The molecular weight excluding hydrogens is 266 g/mol. The van der Waals surface area contributed by atoms with Crippen LogP contribution in [-0.4, -0.2) is 7.11 Å². The molecule has 98 valence electrons. The van der Waals surface area contributed by atoms with Crippen molar-refractivity contribution in [1.29, 1.82) is 0 Å². The summed E-state index contributed by atoms with van der Waals surface area (Å²) in [7, 11) is 1.73. The maximum Gasteiger partial charge on any atom is 0.127 e. The largest absolute Gasteiger partial charge is 0.496 e. The van der Waals surface area contributed by atoms with Gasteiger partial charge in [0.1, 0.15) is 5.75 Å². The van der Waals surface area contributed by atoms with Crippen molar-refractivity contribution in [2.24, 2.45) is 0 Å². The summed E-state index contributed by atoms with van der Waals surface area (Å²) in [6, 6.07) is 18.8. The molecule has 0 saturated heterocycles. The Morgan fingerprint density at radius 1 is 0.900 bits per heavy atom. The van der Waals surface area contributed by atoms with E-state index in [0.29, 0.717) is 0 Å². The number of anilines is 2. The van der Waals surface area contributed by atoms with Crippen LogP contribution < -0.4 is 10.1 Å². The van der Waals surface area contributed by atoms with E-state index in [1.54, 1.807) is 18.9 Å².